The third-order valence-electron chi connectivity index (χ3n) is 5.00. The van der Waals surface area contributed by atoms with Crippen molar-refractivity contribution < 1.29 is 9.90 Å². The van der Waals surface area contributed by atoms with Crippen LogP contribution in [-0.2, 0) is 11.3 Å². The zero-order chi connectivity index (χ0) is 18.0. The zero-order valence-electron chi connectivity index (χ0n) is 15.1. The third kappa shape index (κ3) is 3.60. The van der Waals surface area contributed by atoms with Crippen molar-refractivity contribution in [2.75, 3.05) is 13.2 Å². The molecule has 0 saturated heterocycles. The highest BCUT2D eigenvalue weighted by Gasteiger charge is 2.28. The summed E-state index contributed by atoms with van der Waals surface area (Å²) in [5, 5.41) is 16.3. The van der Waals surface area contributed by atoms with Crippen LogP contribution in [0, 0.1) is 20.8 Å². The Hall–Kier alpha value is -2.17. The molecule has 0 aromatic heterocycles. The van der Waals surface area contributed by atoms with Gasteiger partial charge >= 0.3 is 0 Å². The van der Waals surface area contributed by atoms with Crippen LogP contribution < -0.4 is 10.6 Å². The molecule has 132 valence electrons. The largest absolute Gasteiger partial charge is 0.394 e. The van der Waals surface area contributed by atoms with Crippen molar-refractivity contribution in [2.24, 2.45) is 0 Å². The molecular weight excluding hydrogens is 312 g/mol. The number of aliphatic hydroxyl groups is 1. The summed E-state index contributed by atoms with van der Waals surface area (Å²) in [4.78, 5) is 12.9. The molecular formula is C21H26N2O2. The van der Waals surface area contributed by atoms with Crippen LogP contribution in [0.25, 0.3) is 0 Å². The minimum absolute atomic E-state index is 0.0434. The van der Waals surface area contributed by atoms with Gasteiger partial charge in [-0.1, -0.05) is 42.0 Å². The molecule has 25 heavy (non-hydrogen) atoms. The first kappa shape index (κ1) is 17.6. The van der Waals surface area contributed by atoms with E-state index in [4.69, 9.17) is 0 Å². The van der Waals surface area contributed by atoms with Crippen molar-refractivity contribution >= 4 is 5.91 Å². The van der Waals surface area contributed by atoms with Crippen LogP contribution in [0.15, 0.2) is 36.4 Å². The molecule has 2 aromatic rings. The van der Waals surface area contributed by atoms with Crippen molar-refractivity contribution in [3.63, 3.8) is 0 Å². The first-order valence-corrected chi connectivity index (χ1v) is 8.78. The van der Waals surface area contributed by atoms with Crippen molar-refractivity contribution in [3.05, 3.63) is 69.8 Å². The van der Waals surface area contributed by atoms with Gasteiger partial charge in [0.25, 0.3) is 0 Å². The molecule has 2 atom stereocenters. The maximum atomic E-state index is 12.9. The summed E-state index contributed by atoms with van der Waals surface area (Å²) in [6.07, 6.45) is 0. The van der Waals surface area contributed by atoms with Gasteiger partial charge in [0.05, 0.1) is 18.6 Å². The number of hydrogen-bond donors (Lipinski definition) is 3. The Morgan fingerprint density at radius 2 is 1.92 bits per heavy atom. The van der Waals surface area contributed by atoms with E-state index in [9.17, 15) is 9.90 Å². The van der Waals surface area contributed by atoms with Crippen molar-refractivity contribution in [3.8, 4) is 0 Å². The fourth-order valence-electron chi connectivity index (χ4n) is 3.95. The summed E-state index contributed by atoms with van der Waals surface area (Å²) in [7, 11) is 0. The first-order chi connectivity index (χ1) is 12.0. The van der Waals surface area contributed by atoms with E-state index in [1.54, 1.807) is 0 Å². The van der Waals surface area contributed by atoms with Gasteiger partial charge in [-0.3, -0.25) is 4.79 Å². The second kappa shape index (κ2) is 7.38. The van der Waals surface area contributed by atoms with E-state index >= 15 is 0 Å². The number of rotatable bonds is 4. The van der Waals surface area contributed by atoms with E-state index in [0.29, 0.717) is 6.54 Å². The molecule has 1 aliphatic heterocycles. The number of nitrogens with one attached hydrogen (secondary N) is 2. The van der Waals surface area contributed by atoms with E-state index in [2.05, 4.69) is 35.8 Å². The topological polar surface area (TPSA) is 61.4 Å². The number of aryl methyl sites for hydroxylation is 3. The molecule has 3 N–H and O–H groups in total. The molecule has 0 spiro atoms. The molecule has 4 heteroatoms. The molecule has 2 aromatic carbocycles. The summed E-state index contributed by atoms with van der Waals surface area (Å²) in [5.74, 6) is -0.275. The lowest BCUT2D eigenvalue weighted by molar-refractivity contribution is -0.123. The zero-order valence-corrected chi connectivity index (χ0v) is 15.1. The fraction of sp³-hybridized carbons (Fsp3) is 0.381. The molecule has 0 aliphatic carbocycles. The fourth-order valence-corrected chi connectivity index (χ4v) is 3.95. The lowest BCUT2D eigenvalue weighted by atomic mass is 9.89. The monoisotopic (exact) mass is 338 g/mol. The van der Waals surface area contributed by atoms with E-state index < -0.39 is 0 Å². The normalized spacial score (nSPS) is 17.7. The van der Waals surface area contributed by atoms with Crippen LogP contribution in [0.5, 0.6) is 0 Å². The SMILES string of the molecule is Cc1cc(C)c(C(CO)NC(=O)C2CNCc3ccccc32)c(C)c1. The third-order valence-corrected chi connectivity index (χ3v) is 5.00. The van der Waals surface area contributed by atoms with Crippen molar-refractivity contribution in [1.82, 2.24) is 10.6 Å². The molecule has 3 rings (SSSR count). The highest BCUT2D eigenvalue weighted by atomic mass is 16.3. The van der Waals surface area contributed by atoms with Crippen LogP contribution in [0.2, 0.25) is 0 Å². The minimum atomic E-state index is -0.387. The van der Waals surface area contributed by atoms with Crippen LogP contribution in [0.4, 0.5) is 0 Å². The molecule has 2 unspecified atom stereocenters. The molecule has 1 heterocycles. The summed E-state index contributed by atoms with van der Waals surface area (Å²) < 4.78 is 0. The van der Waals surface area contributed by atoms with Gasteiger partial charge in [0, 0.05) is 13.1 Å². The van der Waals surface area contributed by atoms with E-state index in [1.165, 1.54) is 5.56 Å². The average molecular weight is 338 g/mol. The summed E-state index contributed by atoms with van der Waals surface area (Å²) in [5.41, 5.74) is 6.63. The van der Waals surface area contributed by atoms with Gasteiger partial charge in [-0.2, -0.15) is 0 Å². The Kier molecular flexibility index (Phi) is 5.21. The van der Waals surface area contributed by atoms with Crippen LogP contribution in [0.1, 0.15) is 45.3 Å². The predicted octanol–water partition coefficient (Wildman–Crippen LogP) is 2.65. The number of hydrogen-bond acceptors (Lipinski definition) is 3. The molecule has 0 radical (unpaired) electrons. The van der Waals surface area contributed by atoms with Gasteiger partial charge < -0.3 is 15.7 Å². The second-order valence-corrected chi connectivity index (χ2v) is 6.94. The van der Waals surface area contributed by atoms with Gasteiger partial charge in [-0.05, 0) is 48.6 Å². The number of aliphatic hydroxyl groups excluding tert-OH is 1. The van der Waals surface area contributed by atoms with E-state index in [-0.39, 0.29) is 24.5 Å². The Morgan fingerprint density at radius 1 is 1.24 bits per heavy atom. The Bertz CT molecular complexity index is 762. The number of benzene rings is 2. The molecule has 0 bridgehead atoms. The Morgan fingerprint density at radius 3 is 2.60 bits per heavy atom. The maximum absolute atomic E-state index is 12.9. The van der Waals surface area contributed by atoms with Gasteiger partial charge in [0.2, 0.25) is 5.91 Å². The number of fused-ring (bicyclic) bond motifs is 1. The second-order valence-electron chi connectivity index (χ2n) is 6.94. The quantitative estimate of drug-likeness (QED) is 0.803. The van der Waals surface area contributed by atoms with Gasteiger partial charge in [-0.25, -0.2) is 0 Å². The summed E-state index contributed by atoms with van der Waals surface area (Å²) in [6, 6.07) is 11.8. The first-order valence-electron chi connectivity index (χ1n) is 8.78. The molecule has 1 amide bonds. The van der Waals surface area contributed by atoms with Crippen LogP contribution in [-0.4, -0.2) is 24.2 Å². The average Bonchev–Trinajstić information content (AvgIpc) is 2.59. The summed E-state index contributed by atoms with van der Waals surface area (Å²) in [6.45, 7) is 7.41. The van der Waals surface area contributed by atoms with Gasteiger partial charge in [0.15, 0.2) is 0 Å². The highest BCUT2D eigenvalue weighted by Crippen LogP contribution is 2.27. The lowest BCUT2D eigenvalue weighted by Crippen LogP contribution is -2.41. The Balaban J connectivity index is 1.85. The number of amides is 1. The maximum Gasteiger partial charge on any atom is 0.229 e. The number of carbonyl (C=O) groups excluding carboxylic acids is 1. The molecule has 4 nitrogen and oxygen atoms in total. The van der Waals surface area contributed by atoms with Crippen LogP contribution >= 0.6 is 0 Å². The standard InChI is InChI=1S/C21H26N2O2/c1-13-8-14(2)20(15(3)9-13)19(12-24)23-21(25)18-11-22-10-16-6-4-5-7-17(16)18/h4-9,18-19,22,24H,10-12H2,1-3H3,(H,23,25). The Labute approximate surface area is 149 Å². The molecule has 0 saturated carbocycles. The minimum Gasteiger partial charge on any atom is -0.394 e. The van der Waals surface area contributed by atoms with Crippen LogP contribution in [0.3, 0.4) is 0 Å². The molecule has 1 aliphatic rings. The predicted molar refractivity (Wildman–Crippen MR) is 99.5 cm³/mol. The van der Waals surface area contributed by atoms with E-state index in [0.717, 1.165) is 34.4 Å². The van der Waals surface area contributed by atoms with E-state index in [1.807, 2.05) is 32.0 Å². The smallest absolute Gasteiger partial charge is 0.229 e. The highest BCUT2D eigenvalue weighted by molar-refractivity contribution is 5.85. The summed E-state index contributed by atoms with van der Waals surface area (Å²) >= 11 is 0. The van der Waals surface area contributed by atoms with Gasteiger partial charge in [-0.15, -0.1) is 0 Å². The molecule has 0 fully saturated rings. The lowest BCUT2D eigenvalue weighted by Gasteiger charge is -2.28. The van der Waals surface area contributed by atoms with Crippen molar-refractivity contribution in [2.45, 2.75) is 39.3 Å². The van der Waals surface area contributed by atoms with Crippen molar-refractivity contribution in [1.29, 1.82) is 0 Å². The van der Waals surface area contributed by atoms with Gasteiger partial charge in [0.1, 0.15) is 0 Å². The number of carbonyl (C=O) groups is 1.